The smallest absolute Gasteiger partial charge is 0.412 e. The van der Waals surface area contributed by atoms with Crippen molar-refractivity contribution in [3.63, 3.8) is 0 Å². The van der Waals surface area contributed by atoms with E-state index < -0.39 is 17.5 Å². The molecule has 0 saturated carbocycles. The first-order valence-electron chi connectivity index (χ1n) is 5.01. The maximum Gasteiger partial charge on any atom is 0.412 e. The molecule has 0 spiro atoms. The van der Waals surface area contributed by atoms with Gasteiger partial charge in [-0.1, -0.05) is 0 Å². The predicted molar refractivity (Wildman–Crippen MR) is 66.5 cm³/mol. The topological polar surface area (TPSA) is 51.2 Å². The molecule has 0 radical (unpaired) electrons. The van der Waals surface area contributed by atoms with Crippen LogP contribution < -0.4 is 5.32 Å². The average molecular weight is 305 g/mol. The Labute approximate surface area is 108 Å². The number of aromatic nitrogens is 1. The van der Waals surface area contributed by atoms with E-state index >= 15 is 0 Å². The molecule has 1 amide bonds. The first-order valence-corrected chi connectivity index (χ1v) is 5.81. The largest absolute Gasteiger partial charge is 0.444 e. The number of ether oxygens (including phenoxy) is 1. The Morgan fingerprint density at radius 2 is 2.12 bits per heavy atom. The van der Waals surface area contributed by atoms with Crippen molar-refractivity contribution >= 4 is 27.7 Å². The van der Waals surface area contributed by atoms with Gasteiger partial charge < -0.3 is 4.74 Å². The maximum atomic E-state index is 13.6. The van der Waals surface area contributed by atoms with E-state index in [1.54, 1.807) is 27.7 Å². The zero-order valence-corrected chi connectivity index (χ0v) is 11.7. The quantitative estimate of drug-likeness (QED) is 0.806. The molecule has 4 nitrogen and oxygen atoms in total. The maximum absolute atomic E-state index is 13.6. The van der Waals surface area contributed by atoms with E-state index in [0.29, 0.717) is 5.69 Å². The predicted octanol–water partition coefficient (Wildman–Crippen LogP) is 3.64. The summed E-state index contributed by atoms with van der Waals surface area (Å²) in [4.78, 5) is 15.3. The Bertz CT molecular complexity index is 444. The number of aryl methyl sites for hydroxylation is 1. The number of pyridine rings is 1. The highest BCUT2D eigenvalue weighted by Gasteiger charge is 2.18. The van der Waals surface area contributed by atoms with Crippen LogP contribution in [0.5, 0.6) is 0 Å². The highest BCUT2D eigenvalue weighted by atomic mass is 79.9. The summed E-state index contributed by atoms with van der Waals surface area (Å²) in [5, 5.41) is 2.34. The molecule has 0 fully saturated rings. The van der Waals surface area contributed by atoms with E-state index in [9.17, 15) is 9.18 Å². The lowest BCUT2D eigenvalue weighted by Gasteiger charge is -2.19. The Hall–Kier alpha value is -1.17. The molecule has 0 atom stereocenters. The van der Waals surface area contributed by atoms with Gasteiger partial charge in [-0.15, -0.1) is 0 Å². The Morgan fingerprint density at radius 3 is 2.65 bits per heavy atom. The highest BCUT2D eigenvalue weighted by molar-refractivity contribution is 9.10. The number of carbonyl (C=O) groups excluding carboxylic acids is 1. The normalized spacial score (nSPS) is 11.2. The molecule has 17 heavy (non-hydrogen) atoms. The van der Waals surface area contributed by atoms with Gasteiger partial charge in [0.1, 0.15) is 10.2 Å². The molecule has 1 N–H and O–H groups in total. The molecule has 0 saturated heterocycles. The van der Waals surface area contributed by atoms with E-state index in [-0.39, 0.29) is 10.3 Å². The van der Waals surface area contributed by atoms with Gasteiger partial charge in [-0.05, 0) is 49.7 Å². The van der Waals surface area contributed by atoms with Gasteiger partial charge in [0.05, 0.1) is 5.69 Å². The number of hydrogen-bond donors (Lipinski definition) is 1. The summed E-state index contributed by atoms with van der Waals surface area (Å²) >= 11 is 2.97. The Morgan fingerprint density at radius 1 is 1.53 bits per heavy atom. The zero-order valence-electron chi connectivity index (χ0n) is 10.1. The standard InChI is InChI=1S/C11H14BrFN2O2/c1-6-5-7(8(13)9(12)14-6)15-10(16)17-11(2,3)4/h5H,1-4H3,(H,14,15,16). The fourth-order valence-corrected chi connectivity index (χ4v) is 1.62. The first-order chi connectivity index (χ1) is 7.69. The number of nitrogens with zero attached hydrogens (tertiary/aromatic N) is 1. The lowest BCUT2D eigenvalue weighted by atomic mass is 10.2. The van der Waals surface area contributed by atoms with Gasteiger partial charge in [-0.25, -0.2) is 14.2 Å². The second-order valence-corrected chi connectivity index (χ2v) is 5.29. The van der Waals surface area contributed by atoms with E-state index in [1.807, 2.05) is 0 Å². The van der Waals surface area contributed by atoms with Crippen LogP contribution in [0.15, 0.2) is 10.7 Å². The number of amides is 1. The summed E-state index contributed by atoms with van der Waals surface area (Å²) < 4.78 is 18.7. The third-order valence-corrected chi connectivity index (χ3v) is 2.21. The fourth-order valence-electron chi connectivity index (χ4n) is 1.12. The van der Waals surface area contributed by atoms with Crippen LogP contribution in [-0.4, -0.2) is 16.7 Å². The third kappa shape index (κ3) is 4.30. The van der Waals surface area contributed by atoms with Crippen molar-refractivity contribution in [2.45, 2.75) is 33.3 Å². The van der Waals surface area contributed by atoms with Crippen LogP contribution in [0.4, 0.5) is 14.9 Å². The lowest BCUT2D eigenvalue weighted by molar-refractivity contribution is 0.0635. The van der Waals surface area contributed by atoms with Crippen LogP contribution in [0.1, 0.15) is 26.5 Å². The number of carbonyl (C=O) groups is 1. The number of hydrogen-bond acceptors (Lipinski definition) is 3. The Kier molecular flexibility index (Phi) is 4.08. The van der Waals surface area contributed by atoms with E-state index in [1.165, 1.54) is 6.07 Å². The van der Waals surface area contributed by atoms with Crippen LogP contribution in [0.25, 0.3) is 0 Å². The van der Waals surface area contributed by atoms with Gasteiger partial charge in [-0.3, -0.25) is 5.32 Å². The van der Waals surface area contributed by atoms with E-state index in [2.05, 4.69) is 26.2 Å². The van der Waals surface area contributed by atoms with Crippen LogP contribution in [0, 0.1) is 12.7 Å². The van der Waals surface area contributed by atoms with Crippen molar-refractivity contribution < 1.29 is 13.9 Å². The van der Waals surface area contributed by atoms with Crippen LogP contribution in [0.3, 0.4) is 0 Å². The number of halogens is 2. The molecular formula is C11H14BrFN2O2. The summed E-state index contributed by atoms with van der Waals surface area (Å²) in [5.74, 6) is -0.624. The Balaban J connectivity index is 2.85. The van der Waals surface area contributed by atoms with Crippen molar-refractivity contribution in [3.05, 3.63) is 22.2 Å². The summed E-state index contributed by atoms with van der Waals surface area (Å²) in [7, 11) is 0. The first kappa shape index (κ1) is 13.9. The monoisotopic (exact) mass is 304 g/mol. The summed E-state index contributed by atoms with van der Waals surface area (Å²) in [6.07, 6.45) is -0.700. The molecule has 0 aliphatic heterocycles. The molecule has 0 unspecified atom stereocenters. The summed E-state index contributed by atoms with van der Waals surface area (Å²) in [6, 6.07) is 1.43. The minimum atomic E-state index is -0.700. The van der Waals surface area contributed by atoms with Gasteiger partial charge in [0.2, 0.25) is 0 Å². The van der Waals surface area contributed by atoms with Crippen LogP contribution in [0.2, 0.25) is 0 Å². The fraction of sp³-hybridized carbons (Fsp3) is 0.455. The van der Waals surface area contributed by atoms with Gasteiger partial charge in [-0.2, -0.15) is 0 Å². The number of rotatable bonds is 1. The van der Waals surface area contributed by atoms with Crippen molar-refractivity contribution in [1.29, 1.82) is 0 Å². The average Bonchev–Trinajstić information content (AvgIpc) is 2.10. The molecule has 1 aromatic rings. The molecule has 0 aliphatic carbocycles. The van der Waals surface area contributed by atoms with E-state index in [0.717, 1.165) is 0 Å². The van der Waals surface area contributed by atoms with Gasteiger partial charge >= 0.3 is 6.09 Å². The van der Waals surface area contributed by atoms with Crippen molar-refractivity contribution in [1.82, 2.24) is 4.98 Å². The SMILES string of the molecule is Cc1cc(NC(=O)OC(C)(C)C)c(F)c(Br)n1. The highest BCUT2D eigenvalue weighted by Crippen LogP contribution is 2.22. The number of nitrogens with one attached hydrogen (secondary N) is 1. The van der Waals surface area contributed by atoms with Gasteiger partial charge in [0, 0.05) is 5.69 Å². The molecule has 0 aromatic carbocycles. The van der Waals surface area contributed by atoms with Crippen molar-refractivity contribution in [2.24, 2.45) is 0 Å². The molecule has 94 valence electrons. The van der Waals surface area contributed by atoms with Crippen LogP contribution in [-0.2, 0) is 4.74 Å². The summed E-state index contributed by atoms with van der Waals surface area (Å²) in [5.41, 5.74) is 0.00261. The molecule has 6 heteroatoms. The molecule has 1 aromatic heterocycles. The second kappa shape index (κ2) is 5.00. The zero-order chi connectivity index (χ0) is 13.2. The minimum absolute atomic E-state index is 0.0404. The summed E-state index contributed by atoms with van der Waals surface area (Å²) in [6.45, 7) is 6.90. The van der Waals surface area contributed by atoms with Gasteiger partial charge in [0.15, 0.2) is 5.82 Å². The number of anilines is 1. The molecule has 1 heterocycles. The molecule has 1 rings (SSSR count). The van der Waals surface area contributed by atoms with Crippen molar-refractivity contribution in [3.8, 4) is 0 Å². The molecule has 0 bridgehead atoms. The van der Waals surface area contributed by atoms with E-state index in [4.69, 9.17) is 4.74 Å². The molecule has 0 aliphatic rings. The minimum Gasteiger partial charge on any atom is -0.444 e. The third-order valence-electron chi connectivity index (χ3n) is 1.68. The van der Waals surface area contributed by atoms with Gasteiger partial charge in [0.25, 0.3) is 0 Å². The molecular weight excluding hydrogens is 291 g/mol. The van der Waals surface area contributed by atoms with Crippen molar-refractivity contribution in [2.75, 3.05) is 5.32 Å². The van der Waals surface area contributed by atoms with Crippen LogP contribution >= 0.6 is 15.9 Å². The second-order valence-electron chi connectivity index (χ2n) is 4.54. The lowest BCUT2D eigenvalue weighted by Crippen LogP contribution is -2.27.